The summed E-state index contributed by atoms with van der Waals surface area (Å²) in [5, 5.41) is 8.26. The normalized spacial score (nSPS) is 10.2. The van der Waals surface area contributed by atoms with E-state index in [-0.39, 0.29) is 0 Å². The molecule has 1 nitrogen and oxygen atoms in total. The SMILES string of the molecule is CCc1ccc(/C=C/C#N)s1. The van der Waals surface area contributed by atoms with Gasteiger partial charge in [0.15, 0.2) is 0 Å². The Morgan fingerprint density at radius 1 is 1.64 bits per heavy atom. The Morgan fingerprint density at radius 3 is 3.00 bits per heavy atom. The van der Waals surface area contributed by atoms with Crippen LogP contribution in [-0.4, -0.2) is 0 Å². The second-order valence-electron chi connectivity index (χ2n) is 2.12. The quantitative estimate of drug-likeness (QED) is 0.615. The average molecular weight is 163 g/mol. The van der Waals surface area contributed by atoms with E-state index < -0.39 is 0 Å². The molecule has 0 aliphatic rings. The summed E-state index contributed by atoms with van der Waals surface area (Å²) in [6.07, 6.45) is 4.42. The highest BCUT2D eigenvalue weighted by Crippen LogP contribution is 2.17. The topological polar surface area (TPSA) is 23.8 Å². The van der Waals surface area contributed by atoms with E-state index in [0.29, 0.717) is 0 Å². The molecule has 0 atom stereocenters. The minimum Gasteiger partial charge on any atom is -0.193 e. The van der Waals surface area contributed by atoms with Crippen LogP contribution in [0.15, 0.2) is 18.2 Å². The Kier molecular flexibility index (Phi) is 2.88. The predicted octanol–water partition coefficient (Wildman–Crippen LogP) is 2.85. The Labute approximate surface area is 70.6 Å². The Hall–Kier alpha value is -1.07. The molecule has 0 aromatic carbocycles. The number of rotatable bonds is 2. The van der Waals surface area contributed by atoms with Crippen LogP contribution in [0, 0.1) is 11.3 Å². The first-order chi connectivity index (χ1) is 5.36. The van der Waals surface area contributed by atoms with Crippen LogP contribution < -0.4 is 0 Å². The Bertz CT molecular complexity index is 291. The summed E-state index contributed by atoms with van der Waals surface area (Å²) >= 11 is 1.73. The van der Waals surface area contributed by atoms with Crippen molar-refractivity contribution in [3.8, 4) is 6.07 Å². The van der Waals surface area contributed by atoms with Gasteiger partial charge >= 0.3 is 0 Å². The van der Waals surface area contributed by atoms with E-state index in [9.17, 15) is 0 Å². The third-order valence-electron chi connectivity index (χ3n) is 1.35. The third-order valence-corrected chi connectivity index (χ3v) is 2.55. The molecule has 0 saturated carbocycles. The van der Waals surface area contributed by atoms with Gasteiger partial charge in [-0.2, -0.15) is 5.26 Å². The van der Waals surface area contributed by atoms with E-state index in [0.717, 1.165) is 11.3 Å². The van der Waals surface area contributed by atoms with Crippen LogP contribution in [0.1, 0.15) is 16.7 Å². The fourth-order valence-electron chi connectivity index (χ4n) is 0.793. The zero-order valence-electron chi connectivity index (χ0n) is 6.37. The molecule has 0 spiro atoms. The zero-order valence-corrected chi connectivity index (χ0v) is 7.19. The fourth-order valence-corrected chi connectivity index (χ4v) is 1.65. The molecule has 56 valence electrons. The van der Waals surface area contributed by atoms with E-state index in [1.165, 1.54) is 11.0 Å². The molecule has 0 aliphatic carbocycles. The van der Waals surface area contributed by atoms with Gasteiger partial charge in [-0.15, -0.1) is 11.3 Å². The van der Waals surface area contributed by atoms with Crippen LogP contribution in [0.3, 0.4) is 0 Å². The smallest absolute Gasteiger partial charge is 0.0912 e. The van der Waals surface area contributed by atoms with Crippen LogP contribution in [0.5, 0.6) is 0 Å². The van der Waals surface area contributed by atoms with Crippen molar-refractivity contribution in [3.63, 3.8) is 0 Å². The van der Waals surface area contributed by atoms with Crippen molar-refractivity contribution < 1.29 is 0 Å². The lowest BCUT2D eigenvalue weighted by Gasteiger charge is -1.82. The molecule has 0 fully saturated rings. The number of allylic oxidation sites excluding steroid dienone is 1. The third kappa shape index (κ3) is 2.21. The molecule has 0 unspecified atom stereocenters. The van der Waals surface area contributed by atoms with Gasteiger partial charge in [0, 0.05) is 15.8 Å². The van der Waals surface area contributed by atoms with Crippen molar-refractivity contribution >= 4 is 17.4 Å². The molecule has 1 aromatic rings. The Balaban J connectivity index is 2.74. The van der Waals surface area contributed by atoms with Crippen LogP contribution in [-0.2, 0) is 6.42 Å². The summed E-state index contributed by atoms with van der Waals surface area (Å²) in [7, 11) is 0. The summed E-state index contributed by atoms with van der Waals surface area (Å²) in [6, 6.07) is 6.11. The lowest BCUT2D eigenvalue weighted by atomic mass is 10.3. The molecule has 0 saturated heterocycles. The van der Waals surface area contributed by atoms with Gasteiger partial charge in [-0.1, -0.05) is 6.92 Å². The maximum atomic E-state index is 8.26. The van der Waals surface area contributed by atoms with Crippen molar-refractivity contribution in [1.29, 1.82) is 5.26 Å². The van der Waals surface area contributed by atoms with E-state index >= 15 is 0 Å². The highest BCUT2D eigenvalue weighted by Gasteiger charge is 1.92. The lowest BCUT2D eigenvalue weighted by Crippen LogP contribution is -1.63. The molecule has 0 aliphatic heterocycles. The standard InChI is InChI=1S/C9H9NS/c1-2-8-5-6-9(11-8)4-3-7-10/h3-6H,2H2,1H3/b4-3+. The van der Waals surface area contributed by atoms with E-state index in [2.05, 4.69) is 13.0 Å². The van der Waals surface area contributed by atoms with Crippen LogP contribution in [0.4, 0.5) is 0 Å². The summed E-state index contributed by atoms with van der Waals surface area (Å²) < 4.78 is 0. The van der Waals surface area contributed by atoms with Crippen molar-refractivity contribution in [2.24, 2.45) is 0 Å². The number of nitriles is 1. The molecule has 1 heterocycles. The van der Waals surface area contributed by atoms with Crippen molar-refractivity contribution in [2.45, 2.75) is 13.3 Å². The molecule has 0 bridgehead atoms. The van der Waals surface area contributed by atoms with E-state index in [1.54, 1.807) is 11.3 Å². The second kappa shape index (κ2) is 3.95. The Morgan fingerprint density at radius 2 is 2.45 bits per heavy atom. The predicted molar refractivity (Wildman–Crippen MR) is 48.3 cm³/mol. The van der Waals surface area contributed by atoms with Gasteiger partial charge in [0.2, 0.25) is 0 Å². The maximum absolute atomic E-state index is 8.26. The molecule has 2 heteroatoms. The summed E-state index contributed by atoms with van der Waals surface area (Å²) in [5.41, 5.74) is 0. The van der Waals surface area contributed by atoms with Gasteiger partial charge in [0.05, 0.1) is 6.07 Å². The molecule has 11 heavy (non-hydrogen) atoms. The highest BCUT2D eigenvalue weighted by molar-refractivity contribution is 7.12. The fraction of sp³-hybridized carbons (Fsp3) is 0.222. The number of nitrogens with zero attached hydrogens (tertiary/aromatic N) is 1. The number of thiophene rings is 1. The molecule has 1 rings (SSSR count). The van der Waals surface area contributed by atoms with E-state index in [1.807, 2.05) is 18.2 Å². The molecule has 0 radical (unpaired) electrons. The number of hydrogen-bond acceptors (Lipinski definition) is 2. The van der Waals surface area contributed by atoms with Gasteiger partial charge in [-0.25, -0.2) is 0 Å². The molecule has 0 amide bonds. The molecule has 1 aromatic heterocycles. The highest BCUT2D eigenvalue weighted by atomic mass is 32.1. The summed E-state index contributed by atoms with van der Waals surface area (Å²) in [6.45, 7) is 2.13. The number of hydrogen-bond donors (Lipinski definition) is 0. The van der Waals surface area contributed by atoms with Gasteiger partial charge in [-0.05, 0) is 24.6 Å². The minimum atomic E-state index is 1.07. The van der Waals surface area contributed by atoms with Crippen LogP contribution >= 0.6 is 11.3 Å². The number of aryl methyl sites for hydroxylation is 1. The van der Waals surface area contributed by atoms with E-state index in [4.69, 9.17) is 5.26 Å². The van der Waals surface area contributed by atoms with Crippen molar-refractivity contribution in [1.82, 2.24) is 0 Å². The minimum absolute atomic E-state index is 1.07. The maximum Gasteiger partial charge on any atom is 0.0912 e. The first kappa shape index (κ1) is 8.03. The van der Waals surface area contributed by atoms with Gasteiger partial charge in [0.1, 0.15) is 0 Å². The summed E-state index contributed by atoms with van der Waals surface area (Å²) in [5.74, 6) is 0. The van der Waals surface area contributed by atoms with Gasteiger partial charge < -0.3 is 0 Å². The first-order valence-corrected chi connectivity index (χ1v) is 4.33. The average Bonchev–Trinajstić information content (AvgIpc) is 2.48. The first-order valence-electron chi connectivity index (χ1n) is 3.51. The van der Waals surface area contributed by atoms with Crippen LogP contribution in [0.25, 0.3) is 6.08 Å². The van der Waals surface area contributed by atoms with Gasteiger partial charge in [-0.3, -0.25) is 0 Å². The van der Waals surface area contributed by atoms with Crippen molar-refractivity contribution in [2.75, 3.05) is 0 Å². The van der Waals surface area contributed by atoms with Crippen molar-refractivity contribution in [3.05, 3.63) is 28.0 Å². The second-order valence-corrected chi connectivity index (χ2v) is 3.32. The summed E-state index contributed by atoms with van der Waals surface area (Å²) in [4.78, 5) is 2.52. The molecule has 0 N–H and O–H groups in total. The monoisotopic (exact) mass is 163 g/mol. The zero-order chi connectivity index (χ0) is 8.10. The van der Waals surface area contributed by atoms with Gasteiger partial charge in [0.25, 0.3) is 0 Å². The molecular weight excluding hydrogens is 154 g/mol. The largest absolute Gasteiger partial charge is 0.193 e. The van der Waals surface area contributed by atoms with Crippen LogP contribution in [0.2, 0.25) is 0 Å². The molecular formula is C9H9NS. The lowest BCUT2D eigenvalue weighted by molar-refractivity contribution is 1.19.